The van der Waals surface area contributed by atoms with Crippen molar-refractivity contribution in [2.75, 3.05) is 14.1 Å². The molecule has 0 amide bonds. The number of hydrogen-bond acceptors (Lipinski definition) is 4. The minimum atomic E-state index is 0.115. The average Bonchev–Trinajstić information content (AvgIpc) is 2.81. The van der Waals surface area contributed by atoms with Gasteiger partial charge in [0.05, 0.1) is 6.04 Å². The van der Waals surface area contributed by atoms with Crippen molar-refractivity contribution in [2.24, 2.45) is 5.84 Å². The summed E-state index contributed by atoms with van der Waals surface area (Å²) in [7, 11) is 4.30. The minimum Gasteiger partial charge on any atom is -0.302 e. The lowest BCUT2D eigenvalue weighted by Gasteiger charge is -2.43. The number of rotatable bonds is 4. The first-order valence-corrected chi connectivity index (χ1v) is 6.65. The minimum absolute atomic E-state index is 0.115. The molecule has 1 unspecified atom stereocenters. The van der Waals surface area contributed by atoms with Crippen molar-refractivity contribution in [1.82, 2.24) is 15.3 Å². The van der Waals surface area contributed by atoms with Crippen LogP contribution in [0.1, 0.15) is 42.9 Å². The molecule has 1 saturated carbocycles. The quantitative estimate of drug-likeness (QED) is 0.630. The predicted octanol–water partition coefficient (Wildman–Crippen LogP) is 1.77. The molecule has 1 atom stereocenters. The van der Waals surface area contributed by atoms with E-state index in [2.05, 4.69) is 42.4 Å². The maximum absolute atomic E-state index is 5.85. The molecule has 1 aliphatic carbocycles. The van der Waals surface area contributed by atoms with E-state index in [0.29, 0.717) is 0 Å². The second-order valence-corrected chi connectivity index (χ2v) is 5.60. The molecule has 4 heteroatoms. The first kappa shape index (κ1) is 13.5. The topological polar surface area (TPSA) is 54.2 Å². The second kappa shape index (κ2) is 5.34. The van der Waals surface area contributed by atoms with Crippen molar-refractivity contribution in [3.8, 4) is 0 Å². The van der Waals surface area contributed by atoms with Gasteiger partial charge in [-0.2, -0.15) is 0 Å². The molecule has 0 saturated heterocycles. The van der Waals surface area contributed by atoms with Crippen LogP contribution in [0.3, 0.4) is 0 Å². The standard InChI is InChI=1S/C14H24N4/c1-11-8-12(10-16-9-11)13(17-15)14(18(2)3)6-4-5-7-14/h8-10,13,17H,4-7,15H2,1-3H3. The Labute approximate surface area is 110 Å². The average molecular weight is 248 g/mol. The van der Waals surface area contributed by atoms with Crippen LogP contribution in [-0.4, -0.2) is 29.5 Å². The Balaban J connectivity index is 2.37. The number of likely N-dealkylation sites (N-methyl/N-ethyl adjacent to an activating group) is 1. The fraction of sp³-hybridized carbons (Fsp3) is 0.643. The zero-order chi connectivity index (χ0) is 13.2. The van der Waals surface area contributed by atoms with Crippen molar-refractivity contribution >= 4 is 0 Å². The first-order chi connectivity index (χ1) is 8.60. The summed E-state index contributed by atoms with van der Waals surface area (Å²) in [6, 6.07) is 2.32. The summed E-state index contributed by atoms with van der Waals surface area (Å²) in [4.78, 5) is 6.63. The molecule has 0 aromatic carbocycles. The molecule has 4 nitrogen and oxygen atoms in total. The largest absolute Gasteiger partial charge is 0.302 e. The number of hydrazine groups is 1. The molecule has 0 aliphatic heterocycles. The third-order valence-corrected chi connectivity index (χ3v) is 4.29. The summed E-state index contributed by atoms with van der Waals surface area (Å²) in [6.07, 6.45) is 8.73. The molecule has 100 valence electrons. The smallest absolute Gasteiger partial charge is 0.0658 e. The highest BCUT2D eigenvalue weighted by atomic mass is 15.3. The van der Waals surface area contributed by atoms with Crippen LogP contribution in [-0.2, 0) is 0 Å². The Morgan fingerprint density at radius 2 is 2.00 bits per heavy atom. The fourth-order valence-corrected chi connectivity index (χ4v) is 3.28. The number of nitrogens with two attached hydrogens (primary N) is 1. The van der Waals surface area contributed by atoms with Gasteiger partial charge >= 0.3 is 0 Å². The molecular formula is C14H24N4. The van der Waals surface area contributed by atoms with E-state index in [1.54, 1.807) is 0 Å². The predicted molar refractivity (Wildman–Crippen MR) is 73.9 cm³/mol. The second-order valence-electron chi connectivity index (χ2n) is 5.60. The summed E-state index contributed by atoms with van der Waals surface area (Å²) in [5.41, 5.74) is 5.51. The van der Waals surface area contributed by atoms with Crippen molar-refractivity contribution in [1.29, 1.82) is 0 Å². The van der Waals surface area contributed by atoms with Crippen molar-refractivity contribution in [3.63, 3.8) is 0 Å². The molecule has 2 rings (SSSR count). The summed E-state index contributed by atoms with van der Waals surface area (Å²) >= 11 is 0. The summed E-state index contributed by atoms with van der Waals surface area (Å²) in [5, 5.41) is 0. The summed E-state index contributed by atoms with van der Waals surface area (Å²) < 4.78 is 0. The highest BCUT2D eigenvalue weighted by Crippen LogP contribution is 2.42. The molecule has 0 spiro atoms. The van der Waals surface area contributed by atoms with Crippen LogP contribution in [0.2, 0.25) is 0 Å². The van der Waals surface area contributed by atoms with Gasteiger partial charge in [-0.05, 0) is 45.0 Å². The Morgan fingerprint density at radius 1 is 1.33 bits per heavy atom. The summed E-state index contributed by atoms with van der Waals surface area (Å²) in [6.45, 7) is 2.07. The van der Waals surface area contributed by atoms with Gasteiger partial charge in [-0.3, -0.25) is 16.3 Å². The Kier molecular flexibility index (Phi) is 4.00. The highest BCUT2D eigenvalue weighted by Gasteiger charge is 2.43. The van der Waals surface area contributed by atoms with Gasteiger partial charge in [0.15, 0.2) is 0 Å². The van der Waals surface area contributed by atoms with E-state index >= 15 is 0 Å². The third kappa shape index (κ3) is 2.28. The van der Waals surface area contributed by atoms with E-state index in [9.17, 15) is 0 Å². The van der Waals surface area contributed by atoms with Gasteiger partial charge in [0, 0.05) is 17.9 Å². The Morgan fingerprint density at radius 3 is 2.50 bits per heavy atom. The highest BCUT2D eigenvalue weighted by molar-refractivity contribution is 5.24. The van der Waals surface area contributed by atoms with E-state index in [0.717, 1.165) is 0 Å². The van der Waals surface area contributed by atoms with Crippen LogP contribution < -0.4 is 11.3 Å². The molecule has 0 radical (unpaired) electrons. The van der Waals surface area contributed by atoms with Crippen molar-refractivity contribution in [2.45, 2.75) is 44.2 Å². The van der Waals surface area contributed by atoms with Gasteiger partial charge in [0.2, 0.25) is 0 Å². The Bertz CT molecular complexity index is 397. The van der Waals surface area contributed by atoms with Crippen LogP contribution in [0.15, 0.2) is 18.5 Å². The zero-order valence-corrected chi connectivity index (χ0v) is 11.6. The van der Waals surface area contributed by atoms with Gasteiger partial charge in [0.1, 0.15) is 0 Å². The third-order valence-electron chi connectivity index (χ3n) is 4.29. The van der Waals surface area contributed by atoms with Crippen LogP contribution in [0, 0.1) is 6.92 Å². The number of aromatic nitrogens is 1. The lowest BCUT2D eigenvalue weighted by molar-refractivity contribution is 0.104. The van der Waals surface area contributed by atoms with Crippen LogP contribution in [0.25, 0.3) is 0 Å². The molecule has 1 heterocycles. The molecule has 1 fully saturated rings. The molecule has 18 heavy (non-hydrogen) atoms. The van der Waals surface area contributed by atoms with E-state index < -0.39 is 0 Å². The van der Waals surface area contributed by atoms with Gasteiger partial charge in [-0.15, -0.1) is 0 Å². The summed E-state index contributed by atoms with van der Waals surface area (Å²) in [5.74, 6) is 5.85. The molecule has 3 N–H and O–H groups in total. The lowest BCUT2D eigenvalue weighted by Crippen LogP contribution is -2.53. The van der Waals surface area contributed by atoms with E-state index in [1.165, 1.54) is 36.8 Å². The monoisotopic (exact) mass is 248 g/mol. The maximum Gasteiger partial charge on any atom is 0.0658 e. The normalized spacial score (nSPS) is 20.3. The maximum atomic E-state index is 5.85. The van der Waals surface area contributed by atoms with Gasteiger partial charge in [-0.1, -0.05) is 18.9 Å². The molecular weight excluding hydrogens is 224 g/mol. The SMILES string of the molecule is Cc1cncc(C(NN)C2(N(C)C)CCCC2)c1. The van der Waals surface area contributed by atoms with Crippen molar-refractivity contribution < 1.29 is 0 Å². The van der Waals surface area contributed by atoms with E-state index in [-0.39, 0.29) is 11.6 Å². The molecule has 1 aliphatic rings. The molecule has 1 aromatic heterocycles. The first-order valence-electron chi connectivity index (χ1n) is 6.65. The van der Waals surface area contributed by atoms with Crippen molar-refractivity contribution in [3.05, 3.63) is 29.6 Å². The van der Waals surface area contributed by atoms with E-state index in [1.807, 2.05) is 12.4 Å². The lowest BCUT2D eigenvalue weighted by atomic mass is 9.83. The van der Waals surface area contributed by atoms with Gasteiger partial charge in [-0.25, -0.2) is 0 Å². The number of nitrogens with one attached hydrogen (secondary N) is 1. The van der Waals surface area contributed by atoms with Gasteiger partial charge < -0.3 is 4.90 Å². The number of nitrogens with zero attached hydrogens (tertiary/aromatic N) is 2. The van der Waals surface area contributed by atoms with Crippen LogP contribution in [0.4, 0.5) is 0 Å². The molecule has 0 bridgehead atoms. The van der Waals surface area contributed by atoms with Crippen LogP contribution >= 0.6 is 0 Å². The number of pyridine rings is 1. The zero-order valence-electron chi connectivity index (χ0n) is 11.6. The van der Waals surface area contributed by atoms with Gasteiger partial charge in [0.25, 0.3) is 0 Å². The number of aryl methyl sites for hydroxylation is 1. The molecule has 1 aromatic rings. The van der Waals surface area contributed by atoms with Crippen LogP contribution in [0.5, 0.6) is 0 Å². The van der Waals surface area contributed by atoms with E-state index in [4.69, 9.17) is 5.84 Å². The number of hydrogen-bond donors (Lipinski definition) is 2. The Hall–Kier alpha value is -0.970. The fourth-order valence-electron chi connectivity index (χ4n) is 3.28.